The Morgan fingerprint density at radius 2 is 1.92 bits per heavy atom. The Morgan fingerprint density at radius 3 is 2.31 bits per heavy atom. The lowest BCUT2D eigenvalue weighted by Crippen LogP contribution is -1.96. The summed E-state index contributed by atoms with van der Waals surface area (Å²) in [6.45, 7) is 0. The molecule has 0 unspecified atom stereocenters. The fourth-order valence-electron chi connectivity index (χ4n) is 0.746. The minimum atomic E-state index is -4.28. The standard InChI is InChI=1S/C6H3Cl2FO3S/c7-5-4(10)2-1-3(9)6(5)13(8,11)12/h1-2,10H. The van der Waals surface area contributed by atoms with E-state index in [0.717, 1.165) is 12.1 Å². The number of hydrogen-bond acceptors (Lipinski definition) is 3. The van der Waals surface area contributed by atoms with Crippen LogP contribution in [0.3, 0.4) is 0 Å². The van der Waals surface area contributed by atoms with Crippen LogP contribution in [-0.4, -0.2) is 13.5 Å². The maximum atomic E-state index is 12.9. The van der Waals surface area contributed by atoms with Gasteiger partial charge >= 0.3 is 0 Å². The summed E-state index contributed by atoms with van der Waals surface area (Å²) in [5.41, 5.74) is 0. The fraction of sp³-hybridized carbons (Fsp3) is 0. The average molecular weight is 245 g/mol. The Bertz CT molecular complexity index is 443. The van der Waals surface area contributed by atoms with Gasteiger partial charge in [0.1, 0.15) is 21.5 Å². The van der Waals surface area contributed by atoms with Crippen molar-refractivity contribution < 1.29 is 17.9 Å². The number of aromatic hydroxyl groups is 1. The predicted molar refractivity (Wildman–Crippen MR) is 46.1 cm³/mol. The molecule has 0 radical (unpaired) electrons. The Kier molecular flexibility index (Phi) is 2.70. The normalized spacial score (nSPS) is 11.6. The molecule has 7 heteroatoms. The Labute approximate surface area is 83.1 Å². The maximum Gasteiger partial charge on any atom is 0.265 e. The van der Waals surface area contributed by atoms with E-state index in [1.165, 1.54) is 0 Å². The minimum absolute atomic E-state index is 0.540. The van der Waals surface area contributed by atoms with Gasteiger partial charge < -0.3 is 5.11 Å². The number of benzene rings is 1. The molecule has 0 atom stereocenters. The molecule has 0 aromatic heterocycles. The van der Waals surface area contributed by atoms with Crippen molar-refractivity contribution in [3.63, 3.8) is 0 Å². The molecule has 13 heavy (non-hydrogen) atoms. The molecule has 0 spiro atoms. The third-order valence-electron chi connectivity index (χ3n) is 1.27. The largest absolute Gasteiger partial charge is 0.506 e. The smallest absolute Gasteiger partial charge is 0.265 e. The van der Waals surface area contributed by atoms with Gasteiger partial charge in [0.05, 0.1) is 0 Å². The molecule has 1 rings (SSSR count). The van der Waals surface area contributed by atoms with E-state index in [0.29, 0.717) is 0 Å². The highest BCUT2D eigenvalue weighted by molar-refractivity contribution is 8.13. The van der Waals surface area contributed by atoms with Crippen molar-refractivity contribution in [2.75, 3.05) is 0 Å². The Balaban J connectivity index is 3.62. The van der Waals surface area contributed by atoms with E-state index in [1.807, 2.05) is 0 Å². The Morgan fingerprint density at radius 1 is 1.38 bits per heavy atom. The van der Waals surface area contributed by atoms with Crippen molar-refractivity contribution in [1.82, 2.24) is 0 Å². The van der Waals surface area contributed by atoms with Crippen LogP contribution in [0.1, 0.15) is 0 Å². The van der Waals surface area contributed by atoms with Crippen molar-refractivity contribution in [3.8, 4) is 5.75 Å². The number of halogens is 3. The van der Waals surface area contributed by atoms with Crippen LogP contribution < -0.4 is 0 Å². The number of phenols is 1. The number of phenolic OH excluding ortho intramolecular Hbond substituents is 1. The lowest BCUT2D eigenvalue weighted by atomic mass is 10.3. The van der Waals surface area contributed by atoms with Gasteiger partial charge in [0.25, 0.3) is 9.05 Å². The number of hydrogen-bond donors (Lipinski definition) is 1. The van der Waals surface area contributed by atoms with Gasteiger partial charge in [0.2, 0.25) is 0 Å². The van der Waals surface area contributed by atoms with Crippen molar-refractivity contribution in [1.29, 1.82) is 0 Å². The average Bonchev–Trinajstić information content (AvgIpc) is 1.95. The van der Waals surface area contributed by atoms with E-state index >= 15 is 0 Å². The summed E-state index contributed by atoms with van der Waals surface area (Å²) in [5, 5.41) is 8.35. The molecule has 3 nitrogen and oxygen atoms in total. The highest BCUT2D eigenvalue weighted by atomic mass is 35.7. The highest BCUT2D eigenvalue weighted by Crippen LogP contribution is 2.34. The van der Waals surface area contributed by atoms with Crippen molar-refractivity contribution >= 4 is 31.3 Å². The molecule has 0 fully saturated rings. The molecule has 1 N–H and O–H groups in total. The van der Waals surface area contributed by atoms with E-state index in [-0.39, 0.29) is 0 Å². The Hall–Kier alpha value is -0.520. The van der Waals surface area contributed by atoms with Gasteiger partial charge in [-0.05, 0) is 12.1 Å². The zero-order chi connectivity index (χ0) is 10.2. The number of rotatable bonds is 1. The maximum absolute atomic E-state index is 12.9. The van der Waals surface area contributed by atoms with Crippen LogP contribution in [0.4, 0.5) is 4.39 Å². The first-order valence-electron chi connectivity index (χ1n) is 2.95. The molecule has 0 amide bonds. The molecule has 0 saturated carbocycles. The topological polar surface area (TPSA) is 54.4 Å². The summed E-state index contributed by atoms with van der Waals surface area (Å²) >= 11 is 5.33. The van der Waals surface area contributed by atoms with Gasteiger partial charge in [0.15, 0.2) is 0 Å². The highest BCUT2D eigenvalue weighted by Gasteiger charge is 2.22. The molecule has 72 valence electrons. The van der Waals surface area contributed by atoms with E-state index < -0.39 is 30.5 Å². The van der Waals surface area contributed by atoms with Crippen LogP contribution in [0.25, 0.3) is 0 Å². The van der Waals surface area contributed by atoms with E-state index in [2.05, 4.69) is 0 Å². The molecule has 1 aromatic rings. The molecule has 0 aliphatic rings. The van der Waals surface area contributed by atoms with Gasteiger partial charge in [0, 0.05) is 10.7 Å². The molecular weight excluding hydrogens is 242 g/mol. The zero-order valence-electron chi connectivity index (χ0n) is 5.96. The zero-order valence-corrected chi connectivity index (χ0v) is 8.29. The molecule has 0 aliphatic heterocycles. The van der Waals surface area contributed by atoms with Crippen LogP contribution in [0.5, 0.6) is 5.75 Å². The quantitative estimate of drug-likeness (QED) is 0.771. The van der Waals surface area contributed by atoms with E-state index in [4.69, 9.17) is 27.4 Å². The summed E-state index contributed by atoms with van der Waals surface area (Å²) in [4.78, 5) is -0.907. The SMILES string of the molecule is O=S(=O)(Cl)c1c(F)ccc(O)c1Cl. The van der Waals surface area contributed by atoms with Crippen LogP contribution in [0.15, 0.2) is 17.0 Å². The molecule has 1 aromatic carbocycles. The van der Waals surface area contributed by atoms with Crippen LogP contribution in [-0.2, 0) is 9.05 Å². The van der Waals surface area contributed by atoms with Crippen molar-refractivity contribution in [2.45, 2.75) is 4.90 Å². The molecule has 0 bridgehead atoms. The molecular formula is C6H3Cl2FO3S. The van der Waals surface area contributed by atoms with Gasteiger partial charge in [-0.15, -0.1) is 0 Å². The second-order valence-corrected chi connectivity index (χ2v) is 5.03. The van der Waals surface area contributed by atoms with Crippen molar-refractivity contribution in [3.05, 3.63) is 23.0 Å². The third kappa shape index (κ3) is 2.04. The first kappa shape index (κ1) is 10.6. The van der Waals surface area contributed by atoms with Crippen LogP contribution in [0.2, 0.25) is 5.02 Å². The summed E-state index contributed by atoms with van der Waals surface area (Å²) in [5.74, 6) is -1.64. The predicted octanol–water partition coefficient (Wildman–Crippen LogP) is 2.11. The van der Waals surface area contributed by atoms with Crippen LogP contribution >= 0.6 is 22.3 Å². The lowest BCUT2D eigenvalue weighted by molar-refractivity contribution is 0.469. The lowest BCUT2D eigenvalue weighted by Gasteiger charge is -2.02. The minimum Gasteiger partial charge on any atom is -0.506 e. The molecule has 0 heterocycles. The summed E-state index contributed by atoms with van der Waals surface area (Å²) in [7, 11) is 0.596. The van der Waals surface area contributed by atoms with Gasteiger partial charge in [-0.3, -0.25) is 0 Å². The first-order chi connectivity index (χ1) is 5.84. The third-order valence-corrected chi connectivity index (χ3v) is 3.12. The summed E-state index contributed by atoms with van der Waals surface area (Å²) in [6, 6.07) is 1.69. The van der Waals surface area contributed by atoms with Gasteiger partial charge in [-0.25, -0.2) is 12.8 Å². The second-order valence-electron chi connectivity index (χ2n) is 2.15. The monoisotopic (exact) mass is 244 g/mol. The summed E-state index contributed by atoms with van der Waals surface area (Å²) in [6.07, 6.45) is 0. The van der Waals surface area contributed by atoms with Crippen molar-refractivity contribution in [2.24, 2.45) is 0 Å². The second kappa shape index (κ2) is 3.32. The van der Waals surface area contributed by atoms with Crippen LogP contribution in [0, 0.1) is 5.82 Å². The van der Waals surface area contributed by atoms with Gasteiger partial charge in [-0.2, -0.15) is 0 Å². The summed E-state index contributed by atoms with van der Waals surface area (Å²) < 4.78 is 34.4. The van der Waals surface area contributed by atoms with E-state index in [1.54, 1.807) is 0 Å². The first-order valence-corrected chi connectivity index (χ1v) is 5.64. The molecule has 0 aliphatic carbocycles. The van der Waals surface area contributed by atoms with Gasteiger partial charge in [-0.1, -0.05) is 11.6 Å². The van der Waals surface area contributed by atoms with E-state index in [9.17, 15) is 12.8 Å². The molecule has 0 saturated heterocycles. The fourth-order valence-corrected chi connectivity index (χ4v) is 2.39.